The lowest BCUT2D eigenvalue weighted by molar-refractivity contribution is 0.281. The molecule has 0 bridgehead atoms. The fraction of sp³-hybridized carbons (Fsp3) is 0.400. The van der Waals surface area contributed by atoms with Crippen molar-refractivity contribution < 1.29 is 5.11 Å². The molecule has 3 heteroatoms. The lowest BCUT2D eigenvalue weighted by Gasteiger charge is -2.15. The van der Waals surface area contributed by atoms with Crippen LogP contribution in [-0.4, -0.2) is 14.7 Å². The molecule has 0 aliphatic heterocycles. The number of aryl methyl sites for hydroxylation is 2. The predicted molar refractivity (Wildman–Crippen MR) is 70.9 cm³/mol. The topological polar surface area (TPSA) is 38.0 Å². The zero-order valence-corrected chi connectivity index (χ0v) is 10.7. The summed E-state index contributed by atoms with van der Waals surface area (Å²) in [7, 11) is 0. The summed E-state index contributed by atoms with van der Waals surface area (Å²) in [6, 6.07) is 6.19. The number of rotatable bonds is 2. The SMILES string of the molecule is Cc1cc(-n2cnc3c2CCCC3)ccc1CO. The molecule has 1 aromatic carbocycles. The smallest absolute Gasteiger partial charge is 0.0997 e. The van der Waals surface area contributed by atoms with Crippen LogP contribution in [0.2, 0.25) is 0 Å². The highest BCUT2D eigenvalue weighted by molar-refractivity contribution is 5.42. The van der Waals surface area contributed by atoms with E-state index in [9.17, 15) is 5.11 Å². The molecule has 0 radical (unpaired) electrons. The van der Waals surface area contributed by atoms with Crippen LogP contribution in [0.5, 0.6) is 0 Å². The highest BCUT2D eigenvalue weighted by Crippen LogP contribution is 2.24. The second kappa shape index (κ2) is 4.58. The normalized spacial score (nSPS) is 14.6. The first-order chi connectivity index (χ1) is 8.79. The van der Waals surface area contributed by atoms with Crippen LogP contribution in [0.15, 0.2) is 24.5 Å². The van der Waals surface area contributed by atoms with Crippen LogP contribution in [0.3, 0.4) is 0 Å². The van der Waals surface area contributed by atoms with Crippen LogP contribution in [0, 0.1) is 6.92 Å². The van der Waals surface area contributed by atoms with Crippen LogP contribution in [0.25, 0.3) is 5.69 Å². The van der Waals surface area contributed by atoms with Gasteiger partial charge in [0.2, 0.25) is 0 Å². The van der Waals surface area contributed by atoms with Gasteiger partial charge in [-0.05, 0) is 55.9 Å². The van der Waals surface area contributed by atoms with E-state index >= 15 is 0 Å². The van der Waals surface area contributed by atoms with Crippen LogP contribution >= 0.6 is 0 Å². The molecule has 18 heavy (non-hydrogen) atoms. The van der Waals surface area contributed by atoms with Gasteiger partial charge in [-0.1, -0.05) is 6.07 Å². The van der Waals surface area contributed by atoms with E-state index in [1.165, 1.54) is 24.2 Å². The molecule has 0 atom stereocenters. The van der Waals surface area contributed by atoms with Gasteiger partial charge in [-0.15, -0.1) is 0 Å². The second-order valence-electron chi connectivity index (χ2n) is 4.98. The highest BCUT2D eigenvalue weighted by Gasteiger charge is 2.16. The zero-order valence-electron chi connectivity index (χ0n) is 10.7. The average molecular weight is 242 g/mol. The van der Waals surface area contributed by atoms with E-state index in [4.69, 9.17) is 0 Å². The summed E-state index contributed by atoms with van der Waals surface area (Å²) in [5.41, 5.74) is 5.89. The maximum Gasteiger partial charge on any atom is 0.0997 e. The summed E-state index contributed by atoms with van der Waals surface area (Å²) in [5, 5.41) is 9.21. The maximum atomic E-state index is 9.21. The van der Waals surface area contributed by atoms with Gasteiger partial charge in [-0.2, -0.15) is 0 Å². The van der Waals surface area contributed by atoms with Crippen molar-refractivity contribution in [1.82, 2.24) is 9.55 Å². The Morgan fingerprint density at radius 1 is 1.28 bits per heavy atom. The Labute approximate surface area is 107 Å². The third kappa shape index (κ3) is 1.85. The van der Waals surface area contributed by atoms with Crippen molar-refractivity contribution in [2.24, 2.45) is 0 Å². The summed E-state index contributed by atoms with van der Waals surface area (Å²) in [6.45, 7) is 2.15. The molecule has 1 aliphatic carbocycles. The minimum Gasteiger partial charge on any atom is -0.392 e. The largest absolute Gasteiger partial charge is 0.392 e. The summed E-state index contributed by atoms with van der Waals surface area (Å²) in [4.78, 5) is 4.52. The molecule has 0 saturated carbocycles. The molecule has 0 saturated heterocycles. The van der Waals surface area contributed by atoms with Crippen molar-refractivity contribution in [3.63, 3.8) is 0 Å². The van der Waals surface area contributed by atoms with Crippen LogP contribution in [0.4, 0.5) is 0 Å². The number of aliphatic hydroxyl groups is 1. The first-order valence-corrected chi connectivity index (χ1v) is 6.55. The fourth-order valence-electron chi connectivity index (χ4n) is 2.70. The monoisotopic (exact) mass is 242 g/mol. The van der Waals surface area contributed by atoms with Crippen molar-refractivity contribution in [3.8, 4) is 5.69 Å². The Balaban J connectivity index is 2.04. The Morgan fingerprint density at radius 3 is 2.89 bits per heavy atom. The molecule has 1 aromatic heterocycles. The van der Waals surface area contributed by atoms with Gasteiger partial charge in [0.25, 0.3) is 0 Å². The van der Waals surface area contributed by atoms with E-state index in [1.54, 1.807) is 0 Å². The van der Waals surface area contributed by atoms with E-state index in [0.717, 1.165) is 29.7 Å². The summed E-state index contributed by atoms with van der Waals surface area (Å²) in [6.07, 6.45) is 6.68. The van der Waals surface area contributed by atoms with Gasteiger partial charge >= 0.3 is 0 Å². The van der Waals surface area contributed by atoms with Gasteiger partial charge in [0.1, 0.15) is 0 Å². The molecule has 0 fully saturated rings. The van der Waals surface area contributed by atoms with Gasteiger partial charge in [0, 0.05) is 11.4 Å². The van der Waals surface area contributed by atoms with Crippen molar-refractivity contribution in [2.75, 3.05) is 0 Å². The lowest BCUT2D eigenvalue weighted by Crippen LogP contribution is -2.07. The molecule has 3 nitrogen and oxygen atoms in total. The third-order valence-electron chi connectivity index (χ3n) is 3.80. The molecular formula is C15H18N2O. The predicted octanol–water partition coefficient (Wildman–Crippen LogP) is 2.55. The minimum absolute atomic E-state index is 0.105. The molecule has 0 unspecified atom stereocenters. The first kappa shape index (κ1) is 11.5. The molecule has 1 N–H and O–H groups in total. The molecule has 1 heterocycles. The number of aliphatic hydroxyl groups excluding tert-OH is 1. The molecule has 2 aromatic rings. The van der Waals surface area contributed by atoms with Gasteiger partial charge in [0.05, 0.1) is 18.6 Å². The number of nitrogens with zero attached hydrogens (tertiary/aromatic N) is 2. The fourth-order valence-corrected chi connectivity index (χ4v) is 2.70. The number of hydrogen-bond donors (Lipinski definition) is 1. The highest BCUT2D eigenvalue weighted by atomic mass is 16.3. The maximum absolute atomic E-state index is 9.21. The number of fused-ring (bicyclic) bond motifs is 1. The summed E-state index contributed by atoms with van der Waals surface area (Å²) < 4.78 is 2.20. The Morgan fingerprint density at radius 2 is 2.11 bits per heavy atom. The van der Waals surface area contributed by atoms with E-state index in [2.05, 4.69) is 21.7 Å². The van der Waals surface area contributed by atoms with Crippen LogP contribution in [0.1, 0.15) is 35.4 Å². The lowest BCUT2D eigenvalue weighted by atomic mass is 10.0. The summed E-state index contributed by atoms with van der Waals surface area (Å²) >= 11 is 0. The molecule has 3 rings (SSSR count). The van der Waals surface area contributed by atoms with Gasteiger partial charge in [-0.25, -0.2) is 4.98 Å². The number of benzene rings is 1. The van der Waals surface area contributed by atoms with E-state index < -0.39 is 0 Å². The van der Waals surface area contributed by atoms with E-state index in [1.807, 2.05) is 19.3 Å². The van der Waals surface area contributed by atoms with Crippen molar-refractivity contribution >= 4 is 0 Å². The second-order valence-corrected chi connectivity index (χ2v) is 4.98. The Hall–Kier alpha value is -1.61. The molecular weight excluding hydrogens is 224 g/mol. The number of hydrogen-bond acceptors (Lipinski definition) is 2. The van der Waals surface area contributed by atoms with Gasteiger partial charge in [-0.3, -0.25) is 0 Å². The standard InChI is InChI=1S/C15H18N2O/c1-11-8-13(7-6-12(11)9-18)17-10-16-14-4-2-3-5-15(14)17/h6-8,10,18H,2-5,9H2,1H3. The third-order valence-corrected chi connectivity index (χ3v) is 3.80. The molecule has 94 valence electrons. The molecule has 1 aliphatic rings. The molecule has 0 amide bonds. The van der Waals surface area contributed by atoms with Crippen molar-refractivity contribution in [1.29, 1.82) is 0 Å². The quantitative estimate of drug-likeness (QED) is 0.879. The van der Waals surface area contributed by atoms with E-state index in [0.29, 0.717) is 0 Å². The minimum atomic E-state index is 0.105. The van der Waals surface area contributed by atoms with Crippen LogP contribution < -0.4 is 0 Å². The summed E-state index contributed by atoms with van der Waals surface area (Å²) in [5.74, 6) is 0. The van der Waals surface area contributed by atoms with Crippen molar-refractivity contribution in [3.05, 3.63) is 47.0 Å². The Kier molecular flexibility index (Phi) is 2.92. The number of imidazole rings is 1. The van der Waals surface area contributed by atoms with E-state index in [-0.39, 0.29) is 6.61 Å². The van der Waals surface area contributed by atoms with Crippen molar-refractivity contribution in [2.45, 2.75) is 39.2 Å². The van der Waals surface area contributed by atoms with Gasteiger partial charge in [0.15, 0.2) is 0 Å². The zero-order chi connectivity index (χ0) is 12.5. The number of aromatic nitrogens is 2. The molecule has 0 spiro atoms. The van der Waals surface area contributed by atoms with Crippen LogP contribution in [-0.2, 0) is 19.4 Å². The Bertz CT molecular complexity index is 572. The average Bonchev–Trinajstić information content (AvgIpc) is 2.82. The van der Waals surface area contributed by atoms with Gasteiger partial charge < -0.3 is 9.67 Å². The first-order valence-electron chi connectivity index (χ1n) is 6.55.